The summed E-state index contributed by atoms with van der Waals surface area (Å²) in [7, 11) is 0. The number of allylic oxidation sites excluding steroid dienone is 2. The molecule has 6 aromatic rings. The maximum atomic E-state index is 11.7. The van der Waals surface area contributed by atoms with Gasteiger partial charge in [0.2, 0.25) is 0 Å². The van der Waals surface area contributed by atoms with Gasteiger partial charge in [-0.15, -0.1) is 71.8 Å². The second-order valence-electron chi connectivity index (χ2n) is 13.1. The summed E-state index contributed by atoms with van der Waals surface area (Å²) in [6, 6.07) is 47.4. The van der Waals surface area contributed by atoms with Gasteiger partial charge in [0.05, 0.1) is 5.76 Å². The zero-order chi connectivity index (χ0) is 38.0. The molecule has 0 spiro atoms. The molecule has 1 radical (unpaired) electrons. The summed E-state index contributed by atoms with van der Waals surface area (Å²) in [5.74, 6) is 0.547. The van der Waals surface area contributed by atoms with E-state index in [0.717, 1.165) is 59.3 Å². The molecule has 0 aliphatic carbocycles. The fraction of sp³-hybridized carbons (Fsp3) is 0.245. The Morgan fingerprint density at radius 3 is 1.28 bits per heavy atom. The van der Waals surface area contributed by atoms with E-state index in [1.54, 1.807) is 0 Å². The molecular weight excluding hydrogens is 841 g/mol. The van der Waals surface area contributed by atoms with E-state index in [4.69, 9.17) is 0 Å². The van der Waals surface area contributed by atoms with Crippen LogP contribution in [0.3, 0.4) is 0 Å². The van der Waals surface area contributed by atoms with Crippen molar-refractivity contribution in [2.75, 3.05) is 0 Å². The van der Waals surface area contributed by atoms with Crippen molar-refractivity contribution >= 4 is 5.78 Å². The minimum atomic E-state index is 0. The van der Waals surface area contributed by atoms with Crippen LogP contribution in [0.5, 0.6) is 0 Å². The molecule has 0 aliphatic heterocycles. The maximum absolute atomic E-state index is 11.7. The van der Waals surface area contributed by atoms with Crippen LogP contribution in [0, 0.1) is 37.8 Å². The van der Waals surface area contributed by atoms with Crippen LogP contribution in [0.15, 0.2) is 146 Å². The summed E-state index contributed by atoms with van der Waals surface area (Å²) in [5.41, 5.74) is 11.2. The van der Waals surface area contributed by atoms with Crippen molar-refractivity contribution in [3.05, 3.63) is 169 Å². The number of carbonyl (C=O) groups excluding carboxylic acids is 1. The second kappa shape index (κ2) is 23.0. The number of aliphatic hydroxyl groups is 1. The van der Waals surface area contributed by atoms with Crippen LogP contribution in [0.2, 0.25) is 0 Å². The molecule has 6 rings (SSSR count). The number of aryl methyl sites for hydroxylation is 2. The largest absolute Gasteiger partial charge is 0.512 e. The number of benzene rings is 4. The Morgan fingerprint density at radius 1 is 0.574 bits per heavy atom. The van der Waals surface area contributed by atoms with Crippen molar-refractivity contribution in [1.29, 1.82) is 0 Å². The molecule has 0 saturated carbocycles. The second-order valence-corrected chi connectivity index (χ2v) is 13.1. The van der Waals surface area contributed by atoms with E-state index in [9.17, 15) is 9.90 Å². The Labute approximate surface area is 336 Å². The van der Waals surface area contributed by atoms with Gasteiger partial charge in [0.15, 0.2) is 5.78 Å². The third kappa shape index (κ3) is 13.2. The van der Waals surface area contributed by atoms with E-state index in [2.05, 4.69) is 96.6 Å². The van der Waals surface area contributed by atoms with E-state index in [-0.39, 0.29) is 43.5 Å². The molecule has 0 unspecified atom stereocenters. The molecule has 5 heteroatoms. The Hall–Kier alpha value is -4.96. The zero-order valence-electron chi connectivity index (χ0n) is 32.3. The van der Waals surface area contributed by atoms with Crippen molar-refractivity contribution < 1.29 is 30.0 Å². The van der Waals surface area contributed by atoms with Crippen LogP contribution >= 0.6 is 0 Å². The van der Waals surface area contributed by atoms with Crippen LogP contribution in [-0.2, 0) is 24.9 Å². The number of aromatic nitrogens is 2. The van der Waals surface area contributed by atoms with Gasteiger partial charge in [-0.25, -0.2) is 0 Å². The molecule has 4 nitrogen and oxygen atoms in total. The molecule has 281 valence electrons. The van der Waals surface area contributed by atoms with Gasteiger partial charge in [-0.05, 0) is 73.2 Å². The van der Waals surface area contributed by atoms with Gasteiger partial charge in [0.25, 0.3) is 0 Å². The molecule has 0 fully saturated rings. The van der Waals surface area contributed by atoms with Gasteiger partial charge < -0.3 is 15.1 Å². The fourth-order valence-electron chi connectivity index (χ4n) is 5.82. The number of rotatable bonds is 11. The van der Waals surface area contributed by atoms with Gasteiger partial charge in [0.1, 0.15) is 0 Å². The summed E-state index contributed by atoms with van der Waals surface area (Å²) < 4.78 is 0. The van der Waals surface area contributed by atoms with Crippen molar-refractivity contribution in [2.24, 2.45) is 11.8 Å². The average Bonchev–Trinajstić information content (AvgIpc) is 3.21. The topological polar surface area (TPSA) is 63.1 Å². The van der Waals surface area contributed by atoms with Gasteiger partial charge >= 0.3 is 0 Å². The number of pyridine rings is 2. The molecule has 54 heavy (non-hydrogen) atoms. The van der Waals surface area contributed by atoms with E-state index in [1.165, 1.54) is 28.3 Å². The van der Waals surface area contributed by atoms with Gasteiger partial charge in [-0.2, -0.15) is 0 Å². The van der Waals surface area contributed by atoms with Crippen molar-refractivity contribution in [2.45, 2.75) is 67.2 Å². The minimum Gasteiger partial charge on any atom is -0.512 e. The number of ketones is 1. The van der Waals surface area contributed by atoms with Gasteiger partial charge in [-0.3, -0.25) is 4.79 Å². The number of hydrogen-bond acceptors (Lipinski definition) is 4. The Morgan fingerprint density at radius 2 is 0.963 bits per heavy atom. The van der Waals surface area contributed by atoms with Crippen LogP contribution in [0.4, 0.5) is 0 Å². The first-order valence-corrected chi connectivity index (χ1v) is 18.7. The summed E-state index contributed by atoms with van der Waals surface area (Å²) >= 11 is 0. The molecule has 2 aromatic heterocycles. The first-order chi connectivity index (χ1) is 25.8. The smallest absolute Gasteiger partial charge is 0.162 e. The first kappa shape index (κ1) is 43.4. The quantitative estimate of drug-likeness (QED) is 0.0800. The monoisotopic (exact) mass is 893 g/mol. The van der Waals surface area contributed by atoms with Crippen LogP contribution in [0.25, 0.3) is 44.8 Å². The van der Waals surface area contributed by atoms with Crippen LogP contribution in [0.1, 0.15) is 64.5 Å². The number of nitrogens with zero attached hydrogens (tertiary/aromatic N) is 2. The molecule has 0 amide bonds. The summed E-state index contributed by atoms with van der Waals surface area (Å²) in [6.45, 7) is 12.3. The molecular formula is C49H52IrN2O2-2. The average molecular weight is 893 g/mol. The Balaban J connectivity index is 0.000000218. The number of aliphatic hydroxyl groups excluding tert-OH is 1. The predicted molar refractivity (Wildman–Crippen MR) is 221 cm³/mol. The van der Waals surface area contributed by atoms with Crippen LogP contribution < -0.4 is 0 Å². The van der Waals surface area contributed by atoms with E-state index >= 15 is 0 Å². The Kier molecular flexibility index (Phi) is 18.5. The van der Waals surface area contributed by atoms with E-state index in [0.29, 0.717) is 0 Å². The zero-order valence-corrected chi connectivity index (χ0v) is 34.7. The Bertz CT molecular complexity index is 1840. The van der Waals surface area contributed by atoms with E-state index < -0.39 is 0 Å². The standard InChI is InChI=1S/2C18H14N.C13H24O2.Ir/c2*1-14-7-9-15(10-8-14)17-11-12-18(19-13-17)16-5-3-2-4-6-16;1-5-10(6-2)12(14)9-13(15)11(7-3)8-4;/h2*2-5,7-13H,1H3;9-11,14H,5-8H2,1-4H3;/q2*-1;;/b;;12-9-;. The molecule has 2 heterocycles. The number of carbonyl (C=O) groups is 1. The maximum Gasteiger partial charge on any atom is 0.162 e. The fourth-order valence-corrected chi connectivity index (χ4v) is 5.82. The third-order valence-electron chi connectivity index (χ3n) is 9.35. The molecule has 0 atom stereocenters. The summed E-state index contributed by atoms with van der Waals surface area (Å²) in [4.78, 5) is 20.7. The first-order valence-electron chi connectivity index (χ1n) is 18.7. The summed E-state index contributed by atoms with van der Waals surface area (Å²) in [6.07, 6.45) is 8.74. The molecule has 4 aromatic carbocycles. The molecule has 0 aliphatic rings. The van der Waals surface area contributed by atoms with E-state index in [1.807, 2.05) is 101 Å². The molecule has 0 bridgehead atoms. The van der Waals surface area contributed by atoms with Crippen LogP contribution in [-0.4, -0.2) is 20.9 Å². The van der Waals surface area contributed by atoms with Crippen molar-refractivity contribution in [3.8, 4) is 44.8 Å². The minimum absolute atomic E-state index is 0. The molecule has 1 N–H and O–H groups in total. The third-order valence-corrected chi connectivity index (χ3v) is 9.35. The summed E-state index contributed by atoms with van der Waals surface area (Å²) in [5, 5.41) is 9.76. The van der Waals surface area contributed by atoms with Gasteiger partial charge in [-0.1, -0.05) is 112 Å². The SMILES string of the molecule is CCC(CC)C(=O)/C=C(\O)C(CC)CC.Cc1ccc(-c2ccc(-c3[c-]cccc3)nc2)cc1.Cc1ccc(-c2ccc(-c3[c-]cccc3)nc2)cc1.[Ir]. The molecule has 0 saturated heterocycles. The van der Waals surface area contributed by atoms with Crippen molar-refractivity contribution in [1.82, 2.24) is 9.97 Å². The van der Waals surface area contributed by atoms with Crippen molar-refractivity contribution in [3.63, 3.8) is 0 Å². The number of hydrogen-bond donors (Lipinski definition) is 1. The van der Waals surface area contributed by atoms with Gasteiger partial charge in [0, 0.05) is 50.4 Å². The predicted octanol–water partition coefficient (Wildman–Crippen LogP) is 12.9. The normalized spacial score (nSPS) is 10.8.